The van der Waals surface area contributed by atoms with Crippen LogP contribution in [-0.4, -0.2) is 11.0 Å². The molecule has 4 nitrogen and oxygen atoms in total. The zero-order valence-electron chi connectivity index (χ0n) is 7.08. The number of amides is 1. The number of allylic oxidation sites excluding steroid dienone is 3. The summed E-state index contributed by atoms with van der Waals surface area (Å²) >= 11 is 0. The lowest BCUT2D eigenvalue weighted by Crippen LogP contribution is -2.15. The lowest BCUT2D eigenvalue weighted by atomic mass is 9.96. The van der Waals surface area contributed by atoms with Gasteiger partial charge in [0.2, 0.25) is 0 Å². The molecular formula is C9H10N2O2. The molecule has 1 amide bonds. The molecule has 68 valence electrons. The van der Waals surface area contributed by atoms with Crippen molar-refractivity contribution in [2.45, 2.75) is 19.3 Å². The topological polar surface area (TPSA) is 87.1 Å². The third-order valence-electron chi connectivity index (χ3n) is 1.90. The van der Waals surface area contributed by atoms with Gasteiger partial charge in [0.05, 0.1) is 5.76 Å². The second-order valence-corrected chi connectivity index (χ2v) is 2.87. The van der Waals surface area contributed by atoms with Crippen LogP contribution in [0.15, 0.2) is 23.0 Å². The molecule has 0 aromatic heterocycles. The normalized spacial score (nSPS) is 20.1. The van der Waals surface area contributed by atoms with Gasteiger partial charge in [-0.15, -0.1) is 0 Å². The van der Waals surface area contributed by atoms with Crippen LogP contribution >= 0.6 is 0 Å². The first-order valence-electron chi connectivity index (χ1n) is 3.97. The lowest BCUT2D eigenvalue weighted by molar-refractivity contribution is -0.114. The number of hydrogen-bond acceptors (Lipinski definition) is 3. The number of nitrogens with zero attached hydrogens (tertiary/aromatic N) is 1. The van der Waals surface area contributed by atoms with Crippen LogP contribution in [0.4, 0.5) is 0 Å². The maximum atomic E-state index is 10.8. The predicted molar refractivity (Wildman–Crippen MR) is 46.4 cm³/mol. The Morgan fingerprint density at radius 3 is 2.77 bits per heavy atom. The number of aliphatic hydroxyl groups excluding tert-OH is 1. The number of nitrogens with two attached hydrogens (primary N) is 1. The second kappa shape index (κ2) is 3.76. The maximum Gasteiger partial charge on any atom is 0.259 e. The van der Waals surface area contributed by atoms with Gasteiger partial charge in [-0.3, -0.25) is 4.79 Å². The molecule has 4 heteroatoms. The van der Waals surface area contributed by atoms with Crippen LogP contribution in [0, 0.1) is 11.3 Å². The first-order valence-corrected chi connectivity index (χ1v) is 3.97. The van der Waals surface area contributed by atoms with Crippen molar-refractivity contribution in [2.75, 3.05) is 0 Å². The number of aliphatic hydroxyl groups is 1. The molecule has 13 heavy (non-hydrogen) atoms. The Kier molecular flexibility index (Phi) is 2.70. The summed E-state index contributed by atoms with van der Waals surface area (Å²) < 4.78 is 0. The fourth-order valence-electron chi connectivity index (χ4n) is 1.29. The van der Waals surface area contributed by atoms with Crippen LogP contribution in [0.1, 0.15) is 19.3 Å². The second-order valence-electron chi connectivity index (χ2n) is 2.87. The summed E-state index contributed by atoms with van der Waals surface area (Å²) in [5.41, 5.74) is 5.48. The summed E-state index contributed by atoms with van der Waals surface area (Å²) in [6.45, 7) is 0. The minimum absolute atomic E-state index is 0.0498. The molecule has 0 saturated heterocycles. The highest BCUT2D eigenvalue weighted by atomic mass is 16.3. The molecule has 0 aliphatic heterocycles. The average molecular weight is 178 g/mol. The van der Waals surface area contributed by atoms with Crippen molar-refractivity contribution in [1.82, 2.24) is 0 Å². The lowest BCUT2D eigenvalue weighted by Gasteiger charge is -2.10. The monoisotopic (exact) mass is 178 g/mol. The summed E-state index contributed by atoms with van der Waals surface area (Å²) in [4.78, 5) is 10.8. The van der Waals surface area contributed by atoms with Crippen LogP contribution in [0.3, 0.4) is 0 Å². The number of rotatable bonds is 1. The van der Waals surface area contributed by atoms with E-state index in [1.165, 1.54) is 6.08 Å². The van der Waals surface area contributed by atoms with Crippen molar-refractivity contribution < 1.29 is 9.90 Å². The third kappa shape index (κ3) is 2.09. The van der Waals surface area contributed by atoms with Crippen LogP contribution in [0.5, 0.6) is 0 Å². The van der Waals surface area contributed by atoms with E-state index in [1.54, 1.807) is 6.07 Å². The van der Waals surface area contributed by atoms with E-state index in [2.05, 4.69) is 0 Å². The molecule has 0 atom stereocenters. The van der Waals surface area contributed by atoms with E-state index in [-0.39, 0.29) is 11.3 Å². The van der Waals surface area contributed by atoms with Crippen molar-refractivity contribution in [3.05, 3.63) is 23.0 Å². The maximum absolute atomic E-state index is 10.8. The fraction of sp³-hybridized carbons (Fsp3) is 0.333. The number of carbonyl (C=O) groups excluding carboxylic acids is 1. The van der Waals surface area contributed by atoms with Crippen LogP contribution in [0.2, 0.25) is 0 Å². The molecule has 0 saturated carbocycles. The Bertz CT molecular complexity index is 334. The van der Waals surface area contributed by atoms with Crippen molar-refractivity contribution >= 4 is 5.91 Å². The van der Waals surface area contributed by atoms with E-state index in [1.807, 2.05) is 0 Å². The molecule has 1 rings (SSSR count). The van der Waals surface area contributed by atoms with E-state index in [0.717, 1.165) is 6.42 Å². The average Bonchev–Trinajstić information content (AvgIpc) is 2.04. The Hall–Kier alpha value is -1.76. The molecule has 3 N–H and O–H groups in total. The van der Waals surface area contributed by atoms with E-state index in [0.29, 0.717) is 18.4 Å². The highest BCUT2D eigenvalue weighted by molar-refractivity contribution is 5.97. The summed E-state index contributed by atoms with van der Waals surface area (Å²) in [6, 6.07) is 1.74. The molecule has 0 unspecified atom stereocenters. The summed E-state index contributed by atoms with van der Waals surface area (Å²) in [6.07, 6.45) is 3.42. The number of hydrogen-bond donors (Lipinski definition) is 2. The van der Waals surface area contributed by atoms with Crippen molar-refractivity contribution in [3.8, 4) is 6.07 Å². The van der Waals surface area contributed by atoms with Gasteiger partial charge < -0.3 is 10.8 Å². The third-order valence-corrected chi connectivity index (χ3v) is 1.90. The molecule has 1 aliphatic carbocycles. The van der Waals surface area contributed by atoms with E-state index < -0.39 is 5.91 Å². The van der Waals surface area contributed by atoms with Gasteiger partial charge in [-0.25, -0.2) is 0 Å². The largest absolute Gasteiger partial charge is 0.512 e. The summed E-state index contributed by atoms with van der Waals surface area (Å²) in [7, 11) is 0. The molecule has 0 spiro atoms. The number of primary amides is 1. The zero-order chi connectivity index (χ0) is 9.84. The molecule has 0 heterocycles. The Labute approximate surface area is 76.0 Å². The Morgan fingerprint density at radius 1 is 1.62 bits per heavy atom. The van der Waals surface area contributed by atoms with Crippen molar-refractivity contribution in [3.63, 3.8) is 0 Å². The van der Waals surface area contributed by atoms with Gasteiger partial charge in [-0.2, -0.15) is 5.26 Å². The SMILES string of the molecule is N#CC(C(N)=O)=C1C=C(O)CCC1. The van der Waals surface area contributed by atoms with Crippen molar-refractivity contribution in [2.24, 2.45) is 5.73 Å². The number of carbonyl (C=O) groups is 1. The molecule has 0 bridgehead atoms. The molecule has 0 radical (unpaired) electrons. The Morgan fingerprint density at radius 2 is 2.31 bits per heavy atom. The minimum Gasteiger partial charge on any atom is -0.512 e. The molecular weight excluding hydrogens is 168 g/mol. The summed E-state index contributed by atoms with van der Waals surface area (Å²) in [5.74, 6) is -0.529. The number of nitriles is 1. The smallest absolute Gasteiger partial charge is 0.259 e. The molecule has 1 aliphatic rings. The van der Waals surface area contributed by atoms with E-state index in [4.69, 9.17) is 11.0 Å². The van der Waals surface area contributed by atoms with Gasteiger partial charge in [0.15, 0.2) is 0 Å². The van der Waals surface area contributed by atoms with Gasteiger partial charge in [-0.05, 0) is 24.5 Å². The first-order chi connectivity index (χ1) is 6.15. The quantitative estimate of drug-likeness (QED) is 0.462. The molecule has 0 fully saturated rings. The zero-order valence-corrected chi connectivity index (χ0v) is 7.08. The summed E-state index contributed by atoms with van der Waals surface area (Å²) in [5, 5.41) is 17.8. The standard InChI is InChI=1S/C9H10N2O2/c10-5-8(9(11)13)6-2-1-3-7(12)4-6/h4,12H,1-3H2,(H2,11,13). The van der Waals surface area contributed by atoms with Gasteiger partial charge in [-0.1, -0.05) is 0 Å². The molecule has 0 aromatic rings. The van der Waals surface area contributed by atoms with Crippen LogP contribution in [-0.2, 0) is 4.79 Å². The highest BCUT2D eigenvalue weighted by Gasteiger charge is 2.14. The van der Waals surface area contributed by atoms with E-state index >= 15 is 0 Å². The predicted octanol–water partition coefficient (Wildman–Crippen LogP) is 0.918. The van der Waals surface area contributed by atoms with Gasteiger partial charge in [0, 0.05) is 6.42 Å². The highest BCUT2D eigenvalue weighted by Crippen LogP contribution is 2.22. The minimum atomic E-state index is -0.733. The molecule has 0 aromatic carbocycles. The van der Waals surface area contributed by atoms with Crippen LogP contribution < -0.4 is 5.73 Å². The van der Waals surface area contributed by atoms with Gasteiger partial charge in [0.25, 0.3) is 5.91 Å². The fourth-order valence-corrected chi connectivity index (χ4v) is 1.29. The van der Waals surface area contributed by atoms with Gasteiger partial charge >= 0.3 is 0 Å². The van der Waals surface area contributed by atoms with E-state index in [9.17, 15) is 9.90 Å². The van der Waals surface area contributed by atoms with Crippen molar-refractivity contribution in [1.29, 1.82) is 5.26 Å². The van der Waals surface area contributed by atoms with Gasteiger partial charge in [0.1, 0.15) is 11.6 Å². The first kappa shape index (κ1) is 9.33. The Balaban J connectivity index is 3.09. The van der Waals surface area contributed by atoms with Crippen LogP contribution in [0.25, 0.3) is 0 Å².